The number of ether oxygens (including phenoxy) is 2. The second kappa shape index (κ2) is 11.4. The number of pyridine rings is 1. The Balaban J connectivity index is 1.22. The quantitative estimate of drug-likeness (QED) is 0.246. The average Bonchev–Trinajstić information content (AvgIpc) is 3.57. The summed E-state index contributed by atoms with van der Waals surface area (Å²) in [6.45, 7) is 0.275. The van der Waals surface area contributed by atoms with Crippen molar-refractivity contribution in [2.75, 3.05) is 13.7 Å². The predicted octanol–water partition coefficient (Wildman–Crippen LogP) is 5.11. The number of nitrogens with one attached hydrogen (secondary N) is 1. The Bertz CT molecular complexity index is 1660. The molecule has 0 aliphatic rings. The van der Waals surface area contributed by atoms with Gasteiger partial charge in [-0.2, -0.15) is 0 Å². The maximum atomic E-state index is 14.9. The summed E-state index contributed by atoms with van der Waals surface area (Å²) >= 11 is 1.46. The molecule has 0 atom stereocenters. The lowest BCUT2D eigenvalue weighted by Crippen LogP contribution is -2.33. The third-order valence-corrected chi connectivity index (χ3v) is 7.20. The highest BCUT2D eigenvalue weighted by atomic mass is 32.1. The van der Waals surface area contributed by atoms with E-state index in [1.807, 2.05) is 48.1 Å². The maximum absolute atomic E-state index is 14.9. The first-order valence-corrected chi connectivity index (χ1v) is 13.0. The van der Waals surface area contributed by atoms with Crippen molar-refractivity contribution in [1.82, 2.24) is 19.9 Å². The van der Waals surface area contributed by atoms with Crippen molar-refractivity contribution in [3.05, 3.63) is 90.3 Å². The van der Waals surface area contributed by atoms with Crippen molar-refractivity contribution >= 4 is 33.2 Å². The number of benzene rings is 2. The van der Waals surface area contributed by atoms with Gasteiger partial charge in [0.1, 0.15) is 11.5 Å². The number of hydrogen-bond acceptors (Lipinski definition) is 7. The summed E-state index contributed by atoms with van der Waals surface area (Å²) in [6.07, 6.45) is 5.52. The third-order valence-electron chi connectivity index (χ3n) is 6.04. The summed E-state index contributed by atoms with van der Waals surface area (Å²) in [5.74, 6) is -0.817. The van der Waals surface area contributed by atoms with Crippen molar-refractivity contribution in [3.8, 4) is 27.8 Å². The number of aryl methyl sites for hydroxylation is 1. The van der Waals surface area contributed by atoms with Crippen LogP contribution in [0.5, 0.6) is 17.2 Å². The Labute approximate surface area is 228 Å². The van der Waals surface area contributed by atoms with Crippen molar-refractivity contribution in [3.63, 3.8) is 0 Å². The topological polar surface area (TPSA) is 95.3 Å². The van der Waals surface area contributed by atoms with Crippen LogP contribution in [0.1, 0.15) is 11.1 Å². The maximum Gasteiger partial charge on any atom is 0.287 e. The number of para-hydroxylation sites is 1. The number of hydrogen-bond donors (Lipinski definition) is 1. The number of methoxy groups -OCH3 is 1. The number of carbonyl (C=O) groups excluding carboxylic acids is 2. The van der Waals surface area contributed by atoms with E-state index in [1.54, 1.807) is 31.8 Å². The molecule has 0 radical (unpaired) electrons. The van der Waals surface area contributed by atoms with Crippen LogP contribution < -0.4 is 14.8 Å². The van der Waals surface area contributed by atoms with Gasteiger partial charge in [0.2, 0.25) is 5.78 Å². The first kappa shape index (κ1) is 26.1. The molecule has 0 saturated carbocycles. The third kappa shape index (κ3) is 5.96. The molecule has 0 saturated heterocycles. The fourth-order valence-electron chi connectivity index (χ4n) is 4.10. The molecule has 198 valence electrons. The van der Waals surface area contributed by atoms with Crippen LogP contribution in [0.15, 0.2) is 73.3 Å². The number of carbonyl (C=O) groups is 2. The van der Waals surface area contributed by atoms with Crippen LogP contribution >= 0.6 is 11.3 Å². The van der Waals surface area contributed by atoms with Crippen molar-refractivity contribution < 1.29 is 23.5 Å². The normalized spacial score (nSPS) is 10.9. The Morgan fingerprint density at radius 1 is 1.05 bits per heavy atom. The second-order valence-corrected chi connectivity index (χ2v) is 9.90. The SMILES string of the molecule is COc1ccccc1CCNC(=O)C(=O)Cc1ccc(Oc2ccnc3cc(-c4cn(C)cn4)sc23)c(F)c1. The molecule has 0 spiro atoms. The largest absolute Gasteiger partial charge is 0.496 e. The number of Topliss-reactive ketones (excluding diaryl/α,β-unsaturated/α-hetero) is 1. The van der Waals surface area contributed by atoms with E-state index in [0.717, 1.165) is 32.1 Å². The van der Waals surface area contributed by atoms with E-state index in [1.165, 1.54) is 23.5 Å². The Morgan fingerprint density at radius 2 is 1.90 bits per heavy atom. The molecule has 5 aromatic rings. The average molecular weight is 545 g/mol. The molecule has 0 aliphatic carbocycles. The highest BCUT2D eigenvalue weighted by molar-refractivity contribution is 7.22. The lowest BCUT2D eigenvalue weighted by molar-refractivity contribution is -0.137. The van der Waals surface area contributed by atoms with Crippen LogP contribution in [-0.2, 0) is 29.5 Å². The van der Waals surface area contributed by atoms with E-state index in [2.05, 4.69) is 15.3 Å². The molecule has 10 heteroatoms. The summed E-state index contributed by atoms with van der Waals surface area (Å²) < 4.78 is 28.8. The zero-order valence-corrected chi connectivity index (χ0v) is 22.1. The van der Waals surface area contributed by atoms with Gasteiger partial charge in [0.25, 0.3) is 5.91 Å². The minimum Gasteiger partial charge on any atom is -0.496 e. The predicted molar refractivity (Wildman–Crippen MR) is 147 cm³/mol. The Morgan fingerprint density at radius 3 is 2.67 bits per heavy atom. The van der Waals surface area contributed by atoms with Crippen molar-refractivity contribution in [2.45, 2.75) is 12.8 Å². The smallest absolute Gasteiger partial charge is 0.287 e. The van der Waals surface area contributed by atoms with Gasteiger partial charge in [-0.3, -0.25) is 14.6 Å². The number of thiophene rings is 1. The first-order chi connectivity index (χ1) is 18.9. The molecule has 3 heterocycles. The van der Waals surface area contributed by atoms with Gasteiger partial charge < -0.3 is 19.4 Å². The number of ketones is 1. The van der Waals surface area contributed by atoms with Crippen LogP contribution in [0.3, 0.4) is 0 Å². The van der Waals surface area contributed by atoms with Crippen LogP contribution in [0.4, 0.5) is 4.39 Å². The Hall–Kier alpha value is -4.57. The number of fused-ring (bicyclic) bond motifs is 1. The molecule has 0 aliphatic heterocycles. The second-order valence-electron chi connectivity index (χ2n) is 8.84. The zero-order valence-electron chi connectivity index (χ0n) is 21.3. The monoisotopic (exact) mass is 544 g/mol. The standard InChI is InChI=1S/C29H25FN4O4S/c1-34-16-22(33-17-34)27-15-21-28(39-27)26(10-12-31-21)38-25-8-7-18(13-20(25)30)14-23(35)29(36)32-11-9-19-5-3-4-6-24(19)37-2/h3-8,10,12-13,15-17H,9,11,14H2,1-2H3,(H,32,36). The van der Waals surface area contributed by atoms with E-state index >= 15 is 0 Å². The molecule has 1 N–H and O–H groups in total. The fourth-order valence-corrected chi connectivity index (χ4v) is 5.13. The molecule has 1 amide bonds. The summed E-state index contributed by atoms with van der Waals surface area (Å²) in [4.78, 5) is 34.4. The Kier molecular flexibility index (Phi) is 7.64. The molecule has 39 heavy (non-hydrogen) atoms. The summed E-state index contributed by atoms with van der Waals surface area (Å²) in [5.41, 5.74) is 2.83. The van der Waals surface area contributed by atoms with Gasteiger partial charge in [0.15, 0.2) is 11.6 Å². The number of amides is 1. The summed E-state index contributed by atoms with van der Waals surface area (Å²) in [6, 6.07) is 15.3. The summed E-state index contributed by atoms with van der Waals surface area (Å²) in [5, 5.41) is 2.62. The first-order valence-electron chi connectivity index (χ1n) is 12.2. The number of imidazole rings is 1. The molecule has 2 aromatic carbocycles. The van der Waals surface area contributed by atoms with Crippen LogP contribution in [-0.4, -0.2) is 39.9 Å². The number of nitrogens with zero attached hydrogens (tertiary/aromatic N) is 3. The highest BCUT2D eigenvalue weighted by Gasteiger charge is 2.17. The lowest BCUT2D eigenvalue weighted by atomic mass is 10.1. The number of rotatable bonds is 10. The van der Waals surface area contributed by atoms with Crippen LogP contribution in [0.2, 0.25) is 0 Å². The van der Waals surface area contributed by atoms with Gasteiger partial charge in [-0.1, -0.05) is 24.3 Å². The molecule has 0 fully saturated rings. The van der Waals surface area contributed by atoms with Gasteiger partial charge in [0, 0.05) is 38.5 Å². The fraction of sp³-hybridized carbons (Fsp3) is 0.172. The van der Waals surface area contributed by atoms with E-state index < -0.39 is 17.5 Å². The molecular formula is C29H25FN4O4S. The van der Waals surface area contributed by atoms with E-state index in [-0.39, 0.29) is 18.7 Å². The molecule has 0 unspecified atom stereocenters. The molecular weight excluding hydrogens is 519 g/mol. The van der Waals surface area contributed by atoms with Crippen molar-refractivity contribution in [1.29, 1.82) is 0 Å². The van der Waals surface area contributed by atoms with E-state index in [4.69, 9.17) is 9.47 Å². The zero-order chi connectivity index (χ0) is 27.4. The number of halogens is 1. The van der Waals surface area contributed by atoms with Gasteiger partial charge in [-0.15, -0.1) is 11.3 Å². The van der Waals surface area contributed by atoms with E-state index in [9.17, 15) is 14.0 Å². The van der Waals surface area contributed by atoms with Gasteiger partial charge in [0.05, 0.1) is 34.2 Å². The lowest BCUT2D eigenvalue weighted by Gasteiger charge is -2.10. The van der Waals surface area contributed by atoms with Crippen LogP contribution in [0.25, 0.3) is 20.8 Å². The number of aromatic nitrogens is 3. The van der Waals surface area contributed by atoms with E-state index in [0.29, 0.717) is 17.7 Å². The minimum absolute atomic E-state index is 0.00717. The minimum atomic E-state index is -0.716. The molecule has 3 aromatic heterocycles. The highest BCUT2D eigenvalue weighted by Crippen LogP contribution is 2.39. The van der Waals surface area contributed by atoms with Gasteiger partial charge >= 0.3 is 0 Å². The summed E-state index contributed by atoms with van der Waals surface area (Å²) in [7, 11) is 3.47. The molecule has 5 rings (SSSR count). The molecule has 8 nitrogen and oxygen atoms in total. The van der Waals surface area contributed by atoms with Crippen molar-refractivity contribution in [2.24, 2.45) is 7.05 Å². The van der Waals surface area contributed by atoms with Gasteiger partial charge in [-0.25, -0.2) is 9.37 Å². The van der Waals surface area contributed by atoms with Gasteiger partial charge in [-0.05, 0) is 41.8 Å². The van der Waals surface area contributed by atoms with Crippen LogP contribution in [0, 0.1) is 5.82 Å². The molecule has 0 bridgehead atoms.